The van der Waals surface area contributed by atoms with Gasteiger partial charge in [0.05, 0.1) is 13.2 Å². The van der Waals surface area contributed by atoms with Crippen LogP contribution < -0.4 is 5.32 Å². The van der Waals surface area contributed by atoms with Gasteiger partial charge in [-0.25, -0.2) is 4.79 Å². The lowest BCUT2D eigenvalue weighted by Crippen LogP contribution is -2.37. The zero-order valence-electron chi connectivity index (χ0n) is 7.45. The van der Waals surface area contributed by atoms with Gasteiger partial charge >= 0.3 is 6.09 Å². The molecule has 1 atom stereocenters. The SMILES string of the molecule is O=C1OC2(CCNC2)CN1CCO. The average molecular weight is 186 g/mol. The van der Waals surface area contributed by atoms with Crippen molar-refractivity contribution < 1.29 is 14.6 Å². The number of amides is 1. The summed E-state index contributed by atoms with van der Waals surface area (Å²) in [5.41, 5.74) is -0.313. The van der Waals surface area contributed by atoms with Crippen molar-refractivity contribution in [1.29, 1.82) is 0 Å². The number of ether oxygens (including phenoxy) is 1. The van der Waals surface area contributed by atoms with Gasteiger partial charge in [0.2, 0.25) is 0 Å². The summed E-state index contributed by atoms with van der Waals surface area (Å²) in [6, 6.07) is 0. The molecule has 0 aromatic heterocycles. The van der Waals surface area contributed by atoms with Crippen LogP contribution >= 0.6 is 0 Å². The number of β-amino-alcohol motifs (C(OH)–C–C–N with tert-alkyl or cyclic N) is 1. The summed E-state index contributed by atoms with van der Waals surface area (Å²) in [6.07, 6.45) is 0.582. The van der Waals surface area contributed by atoms with Crippen molar-refractivity contribution >= 4 is 6.09 Å². The number of carbonyl (C=O) groups is 1. The number of nitrogens with one attached hydrogen (secondary N) is 1. The molecule has 2 rings (SSSR count). The normalized spacial score (nSPS) is 33.0. The third-order valence-corrected chi connectivity index (χ3v) is 2.62. The lowest BCUT2D eigenvalue weighted by Gasteiger charge is -2.18. The second kappa shape index (κ2) is 3.16. The molecule has 0 bridgehead atoms. The predicted molar refractivity (Wildman–Crippen MR) is 45.4 cm³/mol. The lowest BCUT2D eigenvalue weighted by atomic mass is 10.0. The van der Waals surface area contributed by atoms with Crippen molar-refractivity contribution in [2.45, 2.75) is 12.0 Å². The Labute approximate surface area is 76.7 Å². The van der Waals surface area contributed by atoms with Gasteiger partial charge in [0, 0.05) is 19.5 Å². The van der Waals surface area contributed by atoms with Crippen LogP contribution in [0.2, 0.25) is 0 Å². The topological polar surface area (TPSA) is 61.8 Å². The molecule has 74 valence electrons. The molecule has 0 aromatic rings. The highest BCUT2D eigenvalue weighted by Crippen LogP contribution is 2.27. The van der Waals surface area contributed by atoms with Crippen molar-refractivity contribution in [3.63, 3.8) is 0 Å². The maximum Gasteiger partial charge on any atom is 0.410 e. The van der Waals surface area contributed by atoms with E-state index >= 15 is 0 Å². The minimum atomic E-state index is -0.313. The van der Waals surface area contributed by atoms with Gasteiger partial charge in [-0.1, -0.05) is 0 Å². The number of aliphatic hydroxyl groups is 1. The minimum Gasteiger partial charge on any atom is -0.439 e. The first-order chi connectivity index (χ1) is 6.26. The summed E-state index contributed by atoms with van der Waals surface area (Å²) in [6.45, 7) is 2.62. The van der Waals surface area contributed by atoms with E-state index in [9.17, 15) is 4.79 Å². The molecular weight excluding hydrogens is 172 g/mol. The molecule has 2 saturated heterocycles. The van der Waals surface area contributed by atoms with Crippen molar-refractivity contribution in [2.75, 3.05) is 32.8 Å². The van der Waals surface area contributed by atoms with Gasteiger partial charge in [0.1, 0.15) is 5.60 Å². The molecule has 1 unspecified atom stereocenters. The zero-order chi connectivity index (χ0) is 9.31. The molecule has 2 N–H and O–H groups in total. The maximum absolute atomic E-state index is 11.3. The Morgan fingerprint density at radius 3 is 3.15 bits per heavy atom. The zero-order valence-corrected chi connectivity index (χ0v) is 7.45. The number of nitrogens with zero attached hydrogens (tertiary/aromatic N) is 1. The largest absolute Gasteiger partial charge is 0.439 e. The van der Waals surface area contributed by atoms with Gasteiger partial charge in [0.25, 0.3) is 0 Å². The highest BCUT2D eigenvalue weighted by atomic mass is 16.6. The van der Waals surface area contributed by atoms with Crippen LogP contribution in [-0.2, 0) is 4.74 Å². The highest BCUT2D eigenvalue weighted by molar-refractivity contribution is 5.70. The maximum atomic E-state index is 11.3. The first kappa shape index (κ1) is 8.77. The smallest absolute Gasteiger partial charge is 0.410 e. The van der Waals surface area contributed by atoms with Crippen molar-refractivity contribution in [3.8, 4) is 0 Å². The van der Waals surface area contributed by atoms with E-state index in [1.54, 1.807) is 4.90 Å². The molecule has 13 heavy (non-hydrogen) atoms. The number of hydrogen-bond acceptors (Lipinski definition) is 4. The molecule has 2 aliphatic heterocycles. The third-order valence-electron chi connectivity index (χ3n) is 2.62. The monoisotopic (exact) mass is 186 g/mol. The molecule has 1 amide bonds. The number of carbonyl (C=O) groups excluding carboxylic acids is 1. The summed E-state index contributed by atoms with van der Waals surface area (Å²) < 4.78 is 5.29. The van der Waals surface area contributed by atoms with Crippen LogP contribution in [0.4, 0.5) is 4.79 Å². The van der Waals surface area contributed by atoms with Crippen LogP contribution in [0.25, 0.3) is 0 Å². The Morgan fingerprint density at radius 2 is 2.54 bits per heavy atom. The van der Waals surface area contributed by atoms with E-state index in [-0.39, 0.29) is 18.3 Å². The fourth-order valence-electron chi connectivity index (χ4n) is 1.93. The molecular formula is C8H14N2O3. The fraction of sp³-hybridized carbons (Fsp3) is 0.875. The van der Waals surface area contributed by atoms with Gasteiger partial charge in [-0.05, 0) is 6.54 Å². The third kappa shape index (κ3) is 1.49. The number of aliphatic hydroxyl groups excluding tert-OH is 1. The van der Waals surface area contributed by atoms with Gasteiger partial charge in [-0.2, -0.15) is 0 Å². The molecule has 2 heterocycles. The van der Waals surface area contributed by atoms with E-state index in [1.165, 1.54) is 0 Å². The molecule has 0 radical (unpaired) electrons. The second-order valence-electron chi connectivity index (χ2n) is 3.62. The highest BCUT2D eigenvalue weighted by Gasteiger charge is 2.46. The standard InChI is InChI=1S/C8H14N2O3/c11-4-3-10-6-8(13-7(10)12)1-2-9-5-8/h9,11H,1-6H2. The van der Waals surface area contributed by atoms with Gasteiger partial charge in [-0.15, -0.1) is 0 Å². The summed E-state index contributed by atoms with van der Waals surface area (Å²) in [5, 5.41) is 11.9. The predicted octanol–water partition coefficient (Wildman–Crippen LogP) is -0.837. The van der Waals surface area contributed by atoms with Crippen LogP contribution in [0.1, 0.15) is 6.42 Å². The molecule has 0 aromatic carbocycles. The summed E-state index contributed by atoms with van der Waals surface area (Å²) in [4.78, 5) is 12.9. The van der Waals surface area contributed by atoms with E-state index < -0.39 is 0 Å². The lowest BCUT2D eigenvalue weighted by molar-refractivity contribution is 0.0726. The Balaban J connectivity index is 2.01. The van der Waals surface area contributed by atoms with E-state index in [1.807, 2.05) is 0 Å². The van der Waals surface area contributed by atoms with Crippen molar-refractivity contribution in [2.24, 2.45) is 0 Å². The van der Waals surface area contributed by atoms with Gasteiger partial charge < -0.3 is 20.1 Å². The van der Waals surface area contributed by atoms with Gasteiger partial charge in [-0.3, -0.25) is 0 Å². The van der Waals surface area contributed by atoms with Crippen LogP contribution in [0.15, 0.2) is 0 Å². The van der Waals surface area contributed by atoms with Gasteiger partial charge in [0.15, 0.2) is 0 Å². The number of rotatable bonds is 2. The van der Waals surface area contributed by atoms with Crippen LogP contribution in [0.5, 0.6) is 0 Å². The minimum absolute atomic E-state index is 0.00138. The summed E-state index contributed by atoms with van der Waals surface area (Å²) >= 11 is 0. The van der Waals surface area contributed by atoms with Crippen LogP contribution in [0.3, 0.4) is 0 Å². The number of hydrogen-bond donors (Lipinski definition) is 2. The Bertz CT molecular complexity index is 213. The quantitative estimate of drug-likeness (QED) is 0.590. The summed E-state index contributed by atoms with van der Waals surface area (Å²) in [7, 11) is 0. The molecule has 0 aliphatic carbocycles. The molecule has 5 nitrogen and oxygen atoms in total. The van der Waals surface area contributed by atoms with E-state index in [4.69, 9.17) is 9.84 Å². The first-order valence-electron chi connectivity index (χ1n) is 4.55. The summed E-state index contributed by atoms with van der Waals surface area (Å²) in [5.74, 6) is 0. The van der Waals surface area contributed by atoms with E-state index in [0.717, 1.165) is 19.5 Å². The second-order valence-corrected chi connectivity index (χ2v) is 3.62. The molecule has 1 spiro atoms. The molecule has 2 fully saturated rings. The van der Waals surface area contributed by atoms with Crippen LogP contribution in [0, 0.1) is 0 Å². The Hall–Kier alpha value is -0.810. The van der Waals surface area contributed by atoms with E-state index in [2.05, 4.69) is 5.32 Å². The molecule has 0 saturated carbocycles. The Kier molecular flexibility index (Phi) is 2.13. The average Bonchev–Trinajstić information content (AvgIpc) is 2.63. The van der Waals surface area contributed by atoms with Crippen LogP contribution in [-0.4, -0.2) is 54.5 Å². The van der Waals surface area contributed by atoms with E-state index in [0.29, 0.717) is 13.1 Å². The van der Waals surface area contributed by atoms with Crippen molar-refractivity contribution in [3.05, 3.63) is 0 Å². The molecule has 5 heteroatoms. The Morgan fingerprint density at radius 1 is 1.69 bits per heavy atom. The van der Waals surface area contributed by atoms with Crippen molar-refractivity contribution in [1.82, 2.24) is 10.2 Å². The fourth-order valence-corrected chi connectivity index (χ4v) is 1.93. The first-order valence-corrected chi connectivity index (χ1v) is 4.55. The molecule has 2 aliphatic rings.